The van der Waals surface area contributed by atoms with Gasteiger partial charge < -0.3 is 19.2 Å². The summed E-state index contributed by atoms with van der Waals surface area (Å²) in [6.07, 6.45) is 0. The zero-order valence-corrected chi connectivity index (χ0v) is 44.7. The largest absolute Gasteiger partial charge is 0.469 e. The maximum atomic E-state index is 7.02. The van der Waals surface area contributed by atoms with E-state index in [1.807, 2.05) is 11.3 Å². The summed E-state index contributed by atoms with van der Waals surface area (Å²) in [4.78, 5) is 2.41. The van der Waals surface area contributed by atoms with Gasteiger partial charge in [0.15, 0.2) is 0 Å². The molecule has 0 aliphatic carbocycles. The first kappa shape index (κ1) is 46.1. The molecule has 6 heteroatoms. The highest BCUT2D eigenvalue weighted by Crippen LogP contribution is 2.46. The Morgan fingerprint density at radius 3 is 1.67 bits per heavy atom. The van der Waals surface area contributed by atoms with E-state index in [4.69, 9.17) is 4.42 Å². The van der Waals surface area contributed by atoms with Gasteiger partial charge in [0.2, 0.25) is 7.28 Å². The smallest absolute Gasteiger partial charge is 0.244 e. The van der Waals surface area contributed by atoms with Crippen molar-refractivity contribution in [3.05, 3.63) is 180 Å². The van der Waals surface area contributed by atoms with Crippen LogP contribution in [0.3, 0.4) is 0 Å². The number of thiophene rings is 1. The molecule has 1 aliphatic rings. The van der Waals surface area contributed by atoms with E-state index in [9.17, 15) is 0 Å². The van der Waals surface area contributed by atoms with Crippen LogP contribution in [-0.2, 0) is 21.7 Å². The Morgan fingerprint density at radius 1 is 0.472 bits per heavy atom. The molecule has 12 rings (SSSR count). The molecule has 358 valence electrons. The number of nitrogens with zero attached hydrogens (tertiary/aromatic N) is 2. The van der Waals surface area contributed by atoms with Crippen molar-refractivity contribution in [2.75, 3.05) is 10.2 Å². The SMILES string of the molecule is CC(C)(C)c1ccc(Nc2cc(N(c3ccc(C(C)(C)C)cc3)c3ccc(C(C)(C)C)cc3)ccc2-c2ccc3c4cc5c(cc4n4c3c2Bc2oc3ccc(C(C)(C)C)cc3c2-4)sc2ccccc25)cc1. The molecule has 11 aromatic rings. The van der Waals surface area contributed by atoms with E-state index >= 15 is 0 Å². The molecule has 1 aliphatic heterocycles. The molecule has 0 saturated carbocycles. The van der Waals surface area contributed by atoms with Gasteiger partial charge in [-0.25, -0.2) is 0 Å². The summed E-state index contributed by atoms with van der Waals surface area (Å²) >= 11 is 1.88. The highest BCUT2D eigenvalue weighted by Gasteiger charge is 2.32. The molecule has 0 bridgehead atoms. The van der Waals surface area contributed by atoms with Gasteiger partial charge in [0.1, 0.15) is 5.58 Å². The Balaban J connectivity index is 1.10. The van der Waals surface area contributed by atoms with Crippen LogP contribution in [0.5, 0.6) is 0 Å². The molecule has 4 nitrogen and oxygen atoms in total. The lowest BCUT2D eigenvalue weighted by atomic mass is 9.62. The standard InChI is InChI=1S/C66H64BN3OS/c1-63(2,3)39-17-24-43(25-18-39)68-54-36-46(69(44-26-19-40(20-27-44)64(4,5)6)45-28-21-41(22-29-45)65(7,8)9)30-31-47(54)49-32-33-50-51-37-52-48-15-13-14-16-57(48)72-58(52)38-55(51)70-60(50)59(49)67-62-61(70)53-35-42(66(10,11)12)23-34-56(53)71-62/h13-38,67-68H,1-12H3. The minimum Gasteiger partial charge on any atom is -0.469 e. The van der Waals surface area contributed by atoms with Crippen LogP contribution in [0, 0.1) is 0 Å². The first-order valence-electron chi connectivity index (χ1n) is 25.7. The minimum atomic E-state index is -0.0145. The number of furan rings is 1. The van der Waals surface area contributed by atoms with Gasteiger partial charge in [0, 0.05) is 75.8 Å². The summed E-state index contributed by atoms with van der Waals surface area (Å²) in [5, 5.41) is 10.3. The van der Waals surface area contributed by atoms with Gasteiger partial charge in [0.05, 0.1) is 16.9 Å². The van der Waals surface area contributed by atoms with Gasteiger partial charge in [-0.15, -0.1) is 11.3 Å². The number of anilines is 5. The van der Waals surface area contributed by atoms with Crippen LogP contribution in [-0.4, -0.2) is 11.8 Å². The minimum absolute atomic E-state index is 0.0145. The van der Waals surface area contributed by atoms with E-state index in [1.54, 1.807) is 0 Å². The Kier molecular flexibility index (Phi) is 10.4. The summed E-state index contributed by atoms with van der Waals surface area (Å²) in [5.41, 5.74) is 19.9. The molecular weight excluding hydrogens is 894 g/mol. The third-order valence-electron chi connectivity index (χ3n) is 15.3. The van der Waals surface area contributed by atoms with Crippen LogP contribution in [0.25, 0.3) is 69.8 Å². The zero-order chi connectivity index (χ0) is 50.2. The topological polar surface area (TPSA) is 33.3 Å². The third-order valence-corrected chi connectivity index (χ3v) is 16.4. The molecule has 0 spiro atoms. The molecule has 0 amide bonds. The molecule has 3 aromatic heterocycles. The van der Waals surface area contributed by atoms with Gasteiger partial charge >= 0.3 is 0 Å². The van der Waals surface area contributed by atoms with Crippen molar-refractivity contribution in [3.63, 3.8) is 0 Å². The van der Waals surface area contributed by atoms with Crippen LogP contribution in [0.2, 0.25) is 0 Å². The number of hydrogen-bond acceptors (Lipinski definition) is 4. The van der Waals surface area contributed by atoms with E-state index in [2.05, 4.69) is 256 Å². The van der Waals surface area contributed by atoms with Crippen LogP contribution in [0.4, 0.5) is 28.4 Å². The molecule has 0 saturated heterocycles. The molecule has 8 aromatic carbocycles. The van der Waals surface area contributed by atoms with E-state index in [1.165, 1.54) is 86.3 Å². The lowest BCUT2D eigenvalue weighted by Crippen LogP contribution is -2.36. The highest BCUT2D eigenvalue weighted by atomic mass is 32.1. The van der Waals surface area contributed by atoms with Gasteiger partial charge in [0.25, 0.3) is 0 Å². The number of fused-ring (bicyclic) bond motifs is 10. The second-order valence-electron chi connectivity index (χ2n) is 24.4. The van der Waals surface area contributed by atoms with Gasteiger partial charge in [-0.2, -0.15) is 0 Å². The van der Waals surface area contributed by atoms with Crippen molar-refractivity contribution in [1.82, 2.24) is 4.57 Å². The van der Waals surface area contributed by atoms with E-state index < -0.39 is 0 Å². The molecular formula is C66H64BN3OS. The second kappa shape index (κ2) is 16.2. The van der Waals surface area contributed by atoms with Gasteiger partial charge in [-0.3, -0.25) is 0 Å². The van der Waals surface area contributed by atoms with Crippen LogP contribution in [0.1, 0.15) is 105 Å². The lowest BCUT2D eigenvalue weighted by Gasteiger charge is -2.29. The lowest BCUT2D eigenvalue weighted by molar-refractivity contribution is 0.590. The summed E-state index contributed by atoms with van der Waals surface area (Å²) in [7, 11) is 0.670. The molecule has 4 heterocycles. The highest BCUT2D eigenvalue weighted by molar-refractivity contribution is 7.25. The van der Waals surface area contributed by atoms with Crippen LogP contribution >= 0.6 is 11.3 Å². The summed E-state index contributed by atoms with van der Waals surface area (Å²) in [6.45, 7) is 27.4. The normalized spacial score (nSPS) is 13.1. The molecule has 0 fully saturated rings. The quantitative estimate of drug-likeness (QED) is 0.169. The van der Waals surface area contributed by atoms with Crippen molar-refractivity contribution in [2.24, 2.45) is 0 Å². The fraction of sp³-hybridized carbons (Fsp3) is 0.242. The predicted octanol–water partition coefficient (Wildman–Crippen LogP) is 17.7. The number of nitrogens with one attached hydrogen (secondary N) is 1. The molecule has 0 unspecified atom stereocenters. The number of benzene rings is 8. The Morgan fingerprint density at radius 2 is 1.04 bits per heavy atom. The third kappa shape index (κ3) is 7.73. The van der Waals surface area contributed by atoms with Gasteiger partial charge in [-0.05, 0) is 134 Å². The average molecular weight is 958 g/mol. The first-order valence-corrected chi connectivity index (χ1v) is 26.5. The molecule has 0 radical (unpaired) electrons. The number of hydrogen-bond donors (Lipinski definition) is 1. The maximum absolute atomic E-state index is 7.02. The average Bonchev–Trinajstić information content (AvgIpc) is 4.00. The van der Waals surface area contributed by atoms with Crippen molar-refractivity contribution < 1.29 is 4.42 Å². The maximum Gasteiger partial charge on any atom is 0.244 e. The first-order chi connectivity index (χ1) is 34.2. The van der Waals surface area contributed by atoms with E-state index in [0.29, 0.717) is 7.28 Å². The van der Waals surface area contributed by atoms with Crippen molar-refractivity contribution in [2.45, 2.75) is 105 Å². The fourth-order valence-corrected chi connectivity index (χ4v) is 12.2. The number of aromatic nitrogens is 1. The van der Waals surface area contributed by atoms with Gasteiger partial charge in [-0.1, -0.05) is 162 Å². The van der Waals surface area contributed by atoms with E-state index in [0.717, 1.165) is 45.2 Å². The Labute approximate surface area is 429 Å². The van der Waals surface area contributed by atoms with E-state index in [-0.39, 0.29) is 21.7 Å². The Bertz CT molecular complexity index is 3880. The predicted molar refractivity (Wildman–Crippen MR) is 315 cm³/mol. The molecule has 0 atom stereocenters. The zero-order valence-electron chi connectivity index (χ0n) is 43.9. The Hall–Kier alpha value is -7.02. The summed E-state index contributed by atoms with van der Waals surface area (Å²) in [6, 6.07) is 59.6. The molecule has 72 heavy (non-hydrogen) atoms. The van der Waals surface area contributed by atoms with Crippen molar-refractivity contribution in [3.8, 4) is 16.8 Å². The number of rotatable bonds is 6. The second-order valence-corrected chi connectivity index (χ2v) is 25.5. The van der Waals surface area contributed by atoms with Crippen LogP contribution in [0.15, 0.2) is 162 Å². The summed E-state index contributed by atoms with van der Waals surface area (Å²) < 4.78 is 12.2. The van der Waals surface area contributed by atoms with Crippen molar-refractivity contribution in [1.29, 1.82) is 0 Å². The van der Waals surface area contributed by atoms with Crippen LogP contribution < -0.4 is 21.3 Å². The summed E-state index contributed by atoms with van der Waals surface area (Å²) in [5.74, 6) is 0. The van der Waals surface area contributed by atoms with Crippen molar-refractivity contribution >= 4 is 111 Å². The monoisotopic (exact) mass is 957 g/mol. The molecule has 1 N–H and O–H groups in total. The fourth-order valence-electron chi connectivity index (χ4n) is 11.1.